The van der Waals surface area contributed by atoms with E-state index >= 15 is 0 Å². The molecule has 1 atom stereocenters. The molecule has 1 aliphatic rings. The van der Waals surface area contributed by atoms with Gasteiger partial charge in [0.1, 0.15) is 5.82 Å². The Morgan fingerprint density at radius 3 is 2.78 bits per heavy atom. The number of aromatic nitrogens is 2. The Labute approximate surface area is 139 Å². The second-order valence-corrected chi connectivity index (χ2v) is 6.41. The van der Waals surface area contributed by atoms with Gasteiger partial charge in [-0.25, -0.2) is 4.98 Å². The highest BCUT2D eigenvalue weighted by Crippen LogP contribution is 2.22. The molecule has 122 valence electrons. The molecule has 0 aliphatic carbocycles. The third-order valence-electron chi connectivity index (χ3n) is 4.49. The monoisotopic (exact) mass is 310 g/mol. The molecule has 2 heterocycles. The lowest BCUT2D eigenvalue weighted by Crippen LogP contribution is -2.35. The molecule has 1 fully saturated rings. The van der Waals surface area contributed by atoms with Gasteiger partial charge in [0.2, 0.25) is 5.95 Å². The number of piperidine rings is 1. The highest BCUT2D eigenvalue weighted by Gasteiger charge is 2.18. The van der Waals surface area contributed by atoms with E-state index in [9.17, 15) is 0 Å². The summed E-state index contributed by atoms with van der Waals surface area (Å²) in [6, 6.07) is 12.6. The van der Waals surface area contributed by atoms with E-state index in [0.29, 0.717) is 0 Å². The molecule has 0 spiro atoms. The number of anilines is 2. The summed E-state index contributed by atoms with van der Waals surface area (Å²) < 4.78 is 0. The topological polar surface area (TPSA) is 32.3 Å². The summed E-state index contributed by atoms with van der Waals surface area (Å²) >= 11 is 0. The molecule has 0 saturated carbocycles. The highest BCUT2D eigenvalue weighted by molar-refractivity contribution is 5.44. The van der Waals surface area contributed by atoms with Crippen LogP contribution < -0.4 is 9.80 Å². The maximum Gasteiger partial charge on any atom is 0.227 e. The Hall–Kier alpha value is -2.10. The predicted molar refractivity (Wildman–Crippen MR) is 95.8 cm³/mol. The summed E-state index contributed by atoms with van der Waals surface area (Å²) in [5.41, 5.74) is 1.29. The average Bonchev–Trinajstić information content (AvgIpc) is 2.61. The van der Waals surface area contributed by atoms with Crippen molar-refractivity contribution in [2.24, 2.45) is 5.92 Å². The minimum atomic E-state index is 0.744. The molecule has 1 aromatic heterocycles. The minimum absolute atomic E-state index is 0.744. The summed E-state index contributed by atoms with van der Waals surface area (Å²) in [5.74, 6) is 2.63. The van der Waals surface area contributed by atoms with Gasteiger partial charge in [-0.1, -0.05) is 37.3 Å². The first-order chi connectivity index (χ1) is 11.3. The Morgan fingerprint density at radius 2 is 2.04 bits per heavy atom. The fourth-order valence-corrected chi connectivity index (χ4v) is 3.19. The summed E-state index contributed by atoms with van der Waals surface area (Å²) in [6.07, 6.45) is 4.47. The van der Waals surface area contributed by atoms with Crippen LogP contribution in [0, 0.1) is 5.92 Å². The molecule has 0 radical (unpaired) electrons. The van der Waals surface area contributed by atoms with E-state index in [1.165, 1.54) is 18.4 Å². The molecule has 0 N–H and O–H groups in total. The van der Waals surface area contributed by atoms with Crippen molar-refractivity contribution in [3.63, 3.8) is 0 Å². The van der Waals surface area contributed by atoms with Crippen LogP contribution >= 0.6 is 0 Å². The molecule has 1 unspecified atom stereocenters. The van der Waals surface area contributed by atoms with Crippen LogP contribution in [0.15, 0.2) is 42.6 Å². The van der Waals surface area contributed by atoms with Crippen molar-refractivity contribution in [2.75, 3.05) is 29.4 Å². The first-order valence-corrected chi connectivity index (χ1v) is 8.63. The van der Waals surface area contributed by atoms with Gasteiger partial charge in [-0.15, -0.1) is 0 Å². The SMILES string of the molecule is CCN(Cc1ccccc1)c1nccc(N2CCCC(C)C2)n1. The largest absolute Gasteiger partial charge is 0.356 e. The van der Waals surface area contributed by atoms with Crippen LogP contribution in [0.1, 0.15) is 32.3 Å². The van der Waals surface area contributed by atoms with E-state index < -0.39 is 0 Å². The first kappa shape index (κ1) is 15.8. The van der Waals surface area contributed by atoms with Gasteiger partial charge in [-0.05, 0) is 37.3 Å². The van der Waals surface area contributed by atoms with Crippen molar-refractivity contribution in [1.29, 1.82) is 0 Å². The Morgan fingerprint density at radius 1 is 1.22 bits per heavy atom. The molecule has 1 aliphatic heterocycles. The van der Waals surface area contributed by atoms with Gasteiger partial charge in [-0.2, -0.15) is 4.98 Å². The van der Waals surface area contributed by atoms with Crippen LogP contribution in [0.2, 0.25) is 0 Å². The third kappa shape index (κ3) is 4.01. The van der Waals surface area contributed by atoms with Crippen LogP contribution in [0.5, 0.6) is 0 Å². The van der Waals surface area contributed by atoms with Gasteiger partial charge < -0.3 is 9.80 Å². The third-order valence-corrected chi connectivity index (χ3v) is 4.49. The first-order valence-electron chi connectivity index (χ1n) is 8.63. The van der Waals surface area contributed by atoms with Gasteiger partial charge >= 0.3 is 0 Å². The molecule has 0 amide bonds. The fraction of sp³-hybridized carbons (Fsp3) is 0.474. The number of rotatable bonds is 5. The van der Waals surface area contributed by atoms with E-state index in [1.54, 1.807) is 0 Å². The zero-order chi connectivity index (χ0) is 16.1. The van der Waals surface area contributed by atoms with E-state index in [4.69, 9.17) is 4.98 Å². The summed E-state index contributed by atoms with van der Waals surface area (Å²) in [7, 11) is 0. The maximum absolute atomic E-state index is 4.84. The second-order valence-electron chi connectivity index (χ2n) is 6.41. The van der Waals surface area contributed by atoms with Gasteiger partial charge in [0.05, 0.1) is 0 Å². The second kappa shape index (κ2) is 7.44. The van der Waals surface area contributed by atoms with Crippen molar-refractivity contribution < 1.29 is 0 Å². The van der Waals surface area contributed by atoms with Crippen LogP contribution in [0.4, 0.5) is 11.8 Å². The Bertz CT molecular complexity index is 614. The Kier molecular flexibility index (Phi) is 5.11. The lowest BCUT2D eigenvalue weighted by atomic mass is 10.0. The van der Waals surface area contributed by atoms with Gasteiger partial charge in [0, 0.05) is 32.4 Å². The Balaban J connectivity index is 1.77. The molecule has 0 bridgehead atoms. The van der Waals surface area contributed by atoms with Crippen molar-refractivity contribution in [3.05, 3.63) is 48.2 Å². The van der Waals surface area contributed by atoms with Crippen molar-refractivity contribution in [1.82, 2.24) is 9.97 Å². The summed E-state index contributed by atoms with van der Waals surface area (Å²) in [5, 5.41) is 0. The molecule has 23 heavy (non-hydrogen) atoms. The van der Waals surface area contributed by atoms with Crippen LogP contribution in [0.3, 0.4) is 0 Å². The maximum atomic E-state index is 4.84. The van der Waals surface area contributed by atoms with Crippen molar-refractivity contribution in [3.8, 4) is 0 Å². The number of benzene rings is 1. The minimum Gasteiger partial charge on any atom is -0.356 e. The lowest BCUT2D eigenvalue weighted by molar-refractivity contribution is 0.444. The zero-order valence-electron chi connectivity index (χ0n) is 14.2. The summed E-state index contributed by atoms with van der Waals surface area (Å²) in [4.78, 5) is 14.0. The fourth-order valence-electron chi connectivity index (χ4n) is 3.19. The molecule has 1 saturated heterocycles. The molecule has 1 aromatic carbocycles. The number of nitrogens with zero attached hydrogens (tertiary/aromatic N) is 4. The van der Waals surface area contributed by atoms with E-state index in [1.807, 2.05) is 12.3 Å². The highest BCUT2D eigenvalue weighted by atomic mass is 15.3. The van der Waals surface area contributed by atoms with E-state index in [2.05, 4.69) is 59.0 Å². The van der Waals surface area contributed by atoms with Crippen molar-refractivity contribution >= 4 is 11.8 Å². The molecule has 2 aromatic rings. The van der Waals surface area contributed by atoms with Crippen LogP contribution in [-0.2, 0) is 6.54 Å². The normalized spacial score (nSPS) is 18.0. The van der Waals surface area contributed by atoms with Crippen LogP contribution in [-0.4, -0.2) is 29.6 Å². The standard InChI is InChI=1S/C19H26N4/c1-3-22(15-17-9-5-4-6-10-17)19-20-12-11-18(21-19)23-13-7-8-16(2)14-23/h4-6,9-12,16H,3,7-8,13-15H2,1-2H3. The zero-order valence-corrected chi connectivity index (χ0v) is 14.2. The number of hydrogen-bond acceptors (Lipinski definition) is 4. The van der Waals surface area contributed by atoms with Gasteiger partial charge in [0.15, 0.2) is 0 Å². The molecular formula is C19H26N4. The van der Waals surface area contributed by atoms with Crippen LogP contribution in [0.25, 0.3) is 0 Å². The van der Waals surface area contributed by atoms with Crippen molar-refractivity contribution in [2.45, 2.75) is 33.2 Å². The quantitative estimate of drug-likeness (QED) is 0.842. The molecule has 4 heteroatoms. The number of hydrogen-bond donors (Lipinski definition) is 0. The van der Waals surface area contributed by atoms with Gasteiger partial charge in [0.25, 0.3) is 0 Å². The predicted octanol–water partition coefficient (Wildman–Crippen LogP) is 3.74. The lowest BCUT2D eigenvalue weighted by Gasteiger charge is -2.32. The van der Waals surface area contributed by atoms with E-state index in [0.717, 1.165) is 43.9 Å². The molecular weight excluding hydrogens is 284 g/mol. The van der Waals surface area contributed by atoms with E-state index in [-0.39, 0.29) is 0 Å². The summed E-state index contributed by atoms with van der Waals surface area (Å²) in [6.45, 7) is 8.42. The average molecular weight is 310 g/mol. The molecule has 3 rings (SSSR count). The molecule has 4 nitrogen and oxygen atoms in total. The smallest absolute Gasteiger partial charge is 0.227 e. The van der Waals surface area contributed by atoms with Gasteiger partial charge in [-0.3, -0.25) is 0 Å².